The lowest BCUT2D eigenvalue weighted by Gasteiger charge is -2.11. The third-order valence-corrected chi connectivity index (χ3v) is 4.65. The Morgan fingerprint density at radius 3 is 2.39 bits per heavy atom. The van der Waals surface area contributed by atoms with Crippen LogP contribution < -0.4 is 20.1 Å². The Hall–Kier alpha value is -2.33. The quantitative estimate of drug-likeness (QED) is 0.280. The minimum atomic E-state index is 0. The zero-order chi connectivity index (χ0) is 18.9. The van der Waals surface area contributed by atoms with Gasteiger partial charge in [0.05, 0.1) is 13.7 Å². The van der Waals surface area contributed by atoms with Gasteiger partial charge in [-0.1, -0.05) is 12.1 Å². The molecule has 3 aromatic rings. The van der Waals surface area contributed by atoms with Crippen molar-refractivity contribution in [2.24, 2.45) is 4.99 Å². The Labute approximate surface area is 186 Å². The molecule has 0 aliphatic rings. The highest BCUT2D eigenvalue weighted by Gasteiger charge is 2.02. The van der Waals surface area contributed by atoms with Crippen molar-refractivity contribution < 1.29 is 9.47 Å². The first-order chi connectivity index (χ1) is 13.3. The molecule has 0 aliphatic heterocycles. The van der Waals surface area contributed by atoms with Gasteiger partial charge in [0, 0.05) is 30.7 Å². The van der Waals surface area contributed by atoms with E-state index in [0.717, 1.165) is 23.8 Å². The number of guanidine groups is 1. The van der Waals surface area contributed by atoms with E-state index in [1.54, 1.807) is 31.7 Å². The van der Waals surface area contributed by atoms with Crippen LogP contribution in [0.25, 0.3) is 0 Å². The van der Waals surface area contributed by atoms with Crippen LogP contribution in [0.2, 0.25) is 0 Å². The van der Waals surface area contributed by atoms with Gasteiger partial charge in [-0.15, -0.1) is 35.3 Å². The molecule has 0 amide bonds. The second-order valence-electron chi connectivity index (χ2n) is 5.64. The van der Waals surface area contributed by atoms with Gasteiger partial charge in [-0.2, -0.15) is 0 Å². The Kier molecular flexibility index (Phi) is 9.02. The maximum Gasteiger partial charge on any atom is 0.219 e. The molecule has 148 valence electrons. The zero-order valence-electron chi connectivity index (χ0n) is 15.7. The topological polar surface area (TPSA) is 67.8 Å². The van der Waals surface area contributed by atoms with E-state index in [0.29, 0.717) is 18.2 Å². The van der Waals surface area contributed by atoms with Gasteiger partial charge >= 0.3 is 0 Å². The van der Waals surface area contributed by atoms with E-state index in [1.807, 2.05) is 42.5 Å². The Bertz CT molecular complexity index is 853. The van der Waals surface area contributed by atoms with E-state index >= 15 is 0 Å². The van der Waals surface area contributed by atoms with Crippen molar-refractivity contribution in [1.29, 1.82) is 0 Å². The van der Waals surface area contributed by atoms with Gasteiger partial charge < -0.3 is 20.1 Å². The van der Waals surface area contributed by atoms with E-state index in [2.05, 4.69) is 32.1 Å². The van der Waals surface area contributed by atoms with Gasteiger partial charge in [0.15, 0.2) is 5.96 Å². The number of methoxy groups -OCH3 is 1. The summed E-state index contributed by atoms with van der Waals surface area (Å²) in [5, 5.41) is 8.63. The molecule has 0 fully saturated rings. The van der Waals surface area contributed by atoms with Gasteiger partial charge in [0.1, 0.15) is 11.5 Å². The lowest BCUT2D eigenvalue weighted by atomic mass is 10.3. The summed E-state index contributed by atoms with van der Waals surface area (Å²) in [4.78, 5) is 9.85. The van der Waals surface area contributed by atoms with Crippen LogP contribution >= 0.6 is 35.3 Å². The third kappa shape index (κ3) is 6.68. The molecule has 28 heavy (non-hydrogen) atoms. The summed E-state index contributed by atoms with van der Waals surface area (Å²) in [7, 11) is 3.39. The molecule has 8 heteroatoms. The highest BCUT2D eigenvalue weighted by atomic mass is 127. The third-order valence-electron chi connectivity index (χ3n) is 3.77. The predicted octanol–water partition coefficient (Wildman–Crippen LogP) is 4.43. The van der Waals surface area contributed by atoms with E-state index in [1.165, 1.54) is 4.88 Å². The summed E-state index contributed by atoms with van der Waals surface area (Å²) in [6.45, 7) is 1.38. The maximum absolute atomic E-state index is 5.74. The van der Waals surface area contributed by atoms with E-state index in [-0.39, 0.29) is 24.0 Å². The normalized spacial score (nSPS) is 10.7. The molecule has 0 saturated heterocycles. The van der Waals surface area contributed by atoms with Gasteiger partial charge in [0.25, 0.3) is 0 Å². The number of hydrogen-bond acceptors (Lipinski definition) is 5. The number of pyridine rings is 1. The molecule has 0 aliphatic carbocycles. The summed E-state index contributed by atoms with van der Waals surface area (Å²) < 4.78 is 10.9. The highest BCUT2D eigenvalue weighted by Crippen LogP contribution is 2.22. The summed E-state index contributed by atoms with van der Waals surface area (Å²) in [6, 6.07) is 15.4. The molecule has 2 heterocycles. The molecular weight excluding hydrogens is 487 g/mol. The number of aliphatic imine (C=N–C) groups is 1. The number of halogens is 1. The maximum atomic E-state index is 5.74. The lowest BCUT2D eigenvalue weighted by molar-refractivity contribution is 0.412. The molecule has 1 aromatic carbocycles. The smallest absolute Gasteiger partial charge is 0.219 e. The molecule has 0 bridgehead atoms. The van der Waals surface area contributed by atoms with Crippen LogP contribution in [0.15, 0.2) is 65.1 Å². The van der Waals surface area contributed by atoms with Crippen molar-refractivity contribution in [2.45, 2.75) is 13.1 Å². The van der Waals surface area contributed by atoms with Crippen molar-refractivity contribution >= 4 is 41.3 Å². The van der Waals surface area contributed by atoms with Crippen molar-refractivity contribution in [3.63, 3.8) is 0 Å². The Morgan fingerprint density at radius 2 is 1.79 bits per heavy atom. The molecule has 2 N–H and O–H groups in total. The number of thiophene rings is 1. The fourth-order valence-electron chi connectivity index (χ4n) is 2.33. The van der Waals surface area contributed by atoms with Crippen LogP contribution in [-0.2, 0) is 13.1 Å². The Morgan fingerprint density at radius 1 is 1.04 bits per heavy atom. The minimum Gasteiger partial charge on any atom is -0.497 e. The van der Waals surface area contributed by atoms with Gasteiger partial charge in [0.2, 0.25) is 5.88 Å². The molecule has 2 aromatic heterocycles. The van der Waals surface area contributed by atoms with Crippen molar-refractivity contribution in [1.82, 2.24) is 15.6 Å². The molecule has 6 nitrogen and oxygen atoms in total. The number of benzene rings is 1. The van der Waals surface area contributed by atoms with Gasteiger partial charge in [-0.3, -0.25) is 4.99 Å². The first-order valence-electron chi connectivity index (χ1n) is 8.50. The number of nitrogens with zero attached hydrogens (tertiary/aromatic N) is 2. The molecular formula is C20H23IN4O2S. The van der Waals surface area contributed by atoms with E-state index < -0.39 is 0 Å². The fraction of sp³-hybridized carbons (Fsp3) is 0.200. The number of hydrogen-bond donors (Lipinski definition) is 2. The standard InChI is InChI=1S/C20H22N4O2S.HI/c1-21-20(24-14-18-4-3-11-27-18)23-13-15-5-10-19(22-12-15)26-17-8-6-16(25-2)7-9-17;/h3-12H,13-14H2,1-2H3,(H2,21,23,24);1H. The summed E-state index contributed by atoms with van der Waals surface area (Å²) >= 11 is 1.72. The monoisotopic (exact) mass is 510 g/mol. The first kappa shape index (κ1) is 22.0. The van der Waals surface area contributed by atoms with Crippen LogP contribution in [-0.4, -0.2) is 25.1 Å². The SMILES string of the molecule is CN=C(NCc1ccc(Oc2ccc(OC)cc2)nc1)NCc1cccs1.I. The minimum absolute atomic E-state index is 0. The molecule has 0 radical (unpaired) electrons. The molecule has 0 saturated carbocycles. The number of ether oxygens (including phenoxy) is 2. The van der Waals surface area contributed by atoms with Crippen LogP contribution in [0.4, 0.5) is 0 Å². The van der Waals surface area contributed by atoms with Crippen LogP contribution in [0.5, 0.6) is 17.4 Å². The average Bonchev–Trinajstić information content (AvgIpc) is 3.23. The van der Waals surface area contributed by atoms with Crippen LogP contribution in [0.1, 0.15) is 10.4 Å². The number of nitrogens with one attached hydrogen (secondary N) is 2. The van der Waals surface area contributed by atoms with Crippen molar-refractivity contribution in [3.05, 3.63) is 70.5 Å². The van der Waals surface area contributed by atoms with Gasteiger partial charge in [-0.05, 0) is 41.3 Å². The number of aromatic nitrogens is 1. The predicted molar refractivity (Wildman–Crippen MR) is 124 cm³/mol. The fourth-order valence-corrected chi connectivity index (χ4v) is 2.98. The number of rotatable bonds is 7. The zero-order valence-corrected chi connectivity index (χ0v) is 18.9. The summed E-state index contributed by atoms with van der Waals surface area (Å²) in [5.74, 6) is 2.80. The molecule has 3 rings (SSSR count). The van der Waals surface area contributed by atoms with E-state index in [4.69, 9.17) is 9.47 Å². The molecule has 0 spiro atoms. The summed E-state index contributed by atoms with van der Waals surface area (Å²) in [5.41, 5.74) is 1.04. The first-order valence-corrected chi connectivity index (χ1v) is 9.38. The van der Waals surface area contributed by atoms with Crippen molar-refractivity contribution in [2.75, 3.05) is 14.2 Å². The Balaban J connectivity index is 0.00000280. The largest absolute Gasteiger partial charge is 0.497 e. The van der Waals surface area contributed by atoms with E-state index in [9.17, 15) is 0 Å². The summed E-state index contributed by atoms with van der Waals surface area (Å²) in [6.07, 6.45) is 1.79. The lowest BCUT2D eigenvalue weighted by Crippen LogP contribution is -2.36. The van der Waals surface area contributed by atoms with Crippen molar-refractivity contribution in [3.8, 4) is 17.4 Å². The second kappa shape index (κ2) is 11.5. The van der Waals surface area contributed by atoms with Gasteiger partial charge in [-0.25, -0.2) is 4.98 Å². The molecule has 0 unspecified atom stereocenters. The molecule has 0 atom stereocenters. The second-order valence-corrected chi connectivity index (χ2v) is 6.67. The van der Waals surface area contributed by atoms with Crippen LogP contribution in [0.3, 0.4) is 0 Å². The van der Waals surface area contributed by atoms with Crippen LogP contribution in [0, 0.1) is 0 Å². The average molecular weight is 510 g/mol. The highest BCUT2D eigenvalue weighted by molar-refractivity contribution is 14.0.